The number of nitrogens with zero attached hydrogens (tertiary/aromatic N) is 1. The molecular formula is C12H17ClN2. The van der Waals surface area contributed by atoms with Gasteiger partial charge in [-0.15, -0.1) is 11.6 Å². The second-order valence-electron chi connectivity index (χ2n) is 4.49. The molecule has 2 N–H and O–H groups in total. The lowest BCUT2D eigenvalue weighted by atomic mass is 9.91. The number of nitrogen functional groups attached to an aromatic ring is 1. The maximum Gasteiger partial charge on any atom is 0.0377 e. The third-order valence-corrected chi connectivity index (χ3v) is 4.17. The molecule has 3 heteroatoms. The molecule has 1 saturated carbocycles. The van der Waals surface area contributed by atoms with Gasteiger partial charge in [-0.25, -0.2) is 0 Å². The minimum Gasteiger partial charge on any atom is -0.398 e. The minimum absolute atomic E-state index is 0.341. The Bertz CT molecular complexity index is 340. The van der Waals surface area contributed by atoms with Crippen LogP contribution in [0.15, 0.2) is 18.5 Å². The van der Waals surface area contributed by atoms with Gasteiger partial charge in [0.25, 0.3) is 0 Å². The van der Waals surface area contributed by atoms with Crippen LogP contribution in [0, 0.1) is 11.8 Å². The summed E-state index contributed by atoms with van der Waals surface area (Å²) in [6.45, 7) is 2.24. The first-order chi connectivity index (χ1) is 7.18. The zero-order valence-corrected chi connectivity index (χ0v) is 9.74. The topological polar surface area (TPSA) is 38.9 Å². The fraction of sp³-hybridized carbons (Fsp3) is 0.583. The molecule has 15 heavy (non-hydrogen) atoms. The van der Waals surface area contributed by atoms with Gasteiger partial charge in [0.05, 0.1) is 0 Å². The second-order valence-corrected chi connectivity index (χ2v) is 5.05. The van der Waals surface area contributed by atoms with E-state index in [0.29, 0.717) is 17.2 Å². The molecule has 1 aliphatic rings. The normalized spacial score (nSPS) is 30.7. The predicted molar refractivity (Wildman–Crippen MR) is 63.9 cm³/mol. The number of alkyl halides is 1. The summed E-state index contributed by atoms with van der Waals surface area (Å²) in [5.74, 6) is 1.25. The Labute approximate surface area is 95.8 Å². The number of aromatic nitrogens is 1. The maximum atomic E-state index is 6.22. The molecule has 0 aromatic carbocycles. The molecule has 1 fully saturated rings. The van der Waals surface area contributed by atoms with Crippen LogP contribution < -0.4 is 5.73 Å². The van der Waals surface area contributed by atoms with Gasteiger partial charge < -0.3 is 5.73 Å². The van der Waals surface area contributed by atoms with E-state index in [-0.39, 0.29) is 0 Å². The Morgan fingerprint density at radius 1 is 1.53 bits per heavy atom. The highest BCUT2D eigenvalue weighted by atomic mass is 35.5. The Morgan fingerprint density at radius 3 is 2.93 bits per heavy atom. The van der Waals surface area contributed by atoms with Gasteiger partial charge in [0.1, 0.15) is 0 Å². The summed E-state index contributed by atoms with van der Waals surface area (Å²) in [6, 6.07) is 1.87. The molecule has 3 unspecified atom stereocenters. The number of halogens is 1. The van der Waals surface area contributed by atoms with Crippen molar-refractivity contribution in [2.24, 2.45) is 11.8 Å². The summed E-state index contributed by atoms with van der Waals surface area (Å²) in [4.78, 5) is 4.12. The second kappa shape index (κ2) is 4.40. The van der Waals surface area contributed by atoms with E-state index in [1.54, 1.807) is 6.20 Å². The molecule has 3 atom stereocenters. The molecule has 0 aliphatic heterocycles. The van der Waals surface area contributed by atoms with Crippen LogP contribution in [-0.4, -0.2) is 10.4 Å². The molecule has 0 bridgehead atoms. The number of anilines is 1. The van der Waals surface area contributed by atoms with Gasteiger partial charge in [-0.05, 0) is 42.7 Å². The Hall–Kier alpha value is -0.760. The number of hydrogen-bond donors (Lipinski definition) is 1. The summed E-state index contributed by atoms with van der Waals surface area (Å²) in [7, 11) is 0. The lowest BCUT2D eigenvalue weighted by Crippen LogP contribution is -2.14. The molecule has 0 radical (unpaired) electrons. The van der Waals surface area contributed by atoms with Crippen molar-refractivity contribution >= 4 is 17.3 Å². The Kier molecular flexibility index (Phi) is 3.15. The third-order valence-electron chi connectivity index (χ3n) is 3.55. The Balaban J connectivity index is 2.07. The summed E-state index contributed by atoms with van der Waals surface area (Å²) in [5.41, 5.74) is 7.93. The molecule has 2 nitrogen and oxygen atoms in total. The summed E-state index contributed by atoms with van der Waals surface area (Å²) in [5, 5.41) is 0.341. The van der Waals surface area contributed by atoms with E-state index in [1.807, 2.05) is 12.3 Å². The van der Waals surface area contributed by atoms with Crippen LogP contribution in [-0.2, 0) is 6.42 Å². The monoisotopic (exact) mass is 224 g/mol. The van der Waals surface area contributed by atoms with Crippen molar-refractivity contribution in [1.29, 1.82) is 0 Å². The molecule has 0 amide bonds. The van der Waals surface area contributed by atoms with Gasteiger partial charge in [-0.2, -0.15) is 0 Å². The van der Waals surface area contributed by atoms with Crippen LogP contribution in [0.4, 0.5) is 5.69 Å². The highest BCUT2D eigenvalue weighted by molar-refractivity contribution is 6.20. The standard InChI is InChI=1S/C12H17ClN2/c1-8-9(2-3-11(8)13)6-10-7-15-5-4-12(10)14/h4-5,7-9,11H,2-3,6H2,1H3,(H2,14,15). The fourth-order valence-electron chi connectivity index (χ4n) is 2.37. The Morgan fingerprint density at radius 2 is 2.33 bits per heavy atom. The molecule has 1 aromatic rings. The van der Waals surface area contributed by atoms with E-state index in [0.717, 1.165) is 18.5 Å². The van der Waals surface area contributed by atoms with E-state index in [2.05, 4.69) is 11.9 Å². The lowest BCUT2D eigenvalue weighted by molar-refractivity contribution is 0.420. The predicted octanol–water partition coefficient (Wildman–Crippen LogP) is 2.86. The van der Waals surface area contributed by atoms with Crippen molar-refractivity contribution in [3.05, 3.63) is 24.0 Å². The third kappa shape index (κ3) is 2.25. The van der Waals surface area contributed by atoms with Gasteiger partial charge in [0.15, 0.2) is 0 Å². The largest absolute Gasteiger partial charge is 0.398 e. The van der Waals surface area contributed by atoms with Crippen LogP contribution in [0.2, 0.25) is 0 Å². The van der Waals surface area contributed by atoms with Crippen molar-refractivity contribution in [3.63, 3.8) is 0 Å². The first-order valence-electron chi connectivity index (χ1n) is 5.51. The minimum atomic E-state index is 0.341. The molecule has 1 aliphatic carbocycles. The van der Waals surface area contributed by atoms with E-state index >= 15 is 0 Å². The van der Waals surface area contributed by atoms with Gasteiger partial charge in [0, 0.05) is 23.5 Å². The lowest BCUT2D eigenvalue weighted by Gasteiger charge is -2.17. The average molecular weight is 225 g/mol. The van der Waals surface area contributed by atoms with Crippen LogP contribution in [0.5, 0.6) is 0 Å². The van der Waals surface area contributed by atoms with E-state index in [9.17, 15) is 0 Å². The average Bonchev–Trinajstić information content (AvgIpc) is 2.53. The number of nitrogens with two attached hydrogens (primary N) is 1. The first kappa shape index (κ1) is 10.7. The van der Waals surface area contributed by atoms with E-state index < -0.39 is 0 Å². The van der Waals surface area contributed by atoms with Gasteiger partial charge in [0.2, 0.25) is 0 Å². The van der Waals surface area contributed by atoms with Crippen LogP contribution in [0.3, 0.4) is 0 Å². The molecule has 1 aromatic heterocycles. The van der Waals surface area contributed by atoms with Crippen molar-refractivity contribution in [3.8, 4) is 0 Å². The zero-order valence-electron chi connectivity index (χ0n) is 8.99. The van der Waals surface area contributed by atoms with Crippen molar-refractivity contribution in [1.82, 2.24) is 4.98 Å². The fourth-order valence-corrected chi connectivity index (χ4v) is 2.71. The molecule has 2 rings (SSSR count). The van der Waals surface area contributed by atoms with Gasteiger partial charge >= 0.3 is 0 Å². The van der Waals surface area contributed by atoms with Crippen LogP contribution in [0.25, 0.3) is 0 Å². The quantitative estimate of drug-likeness (QED) is 0.785. The molecule has 82 valence electrons. The van der Waals surface area contributed by atoms with Crippen LogP contribution >= 0.6 is 11.6 Å². The van der Waals surface area contributed by atoms with Crippen LogP contribution in [0.1, 0.15) is 25.3 Å². The van der Waals surface area contributed by atoms with Crippen molar-refractivity contribution in [2.75, 3.05) is 5.73 Å². The molecule has 0 saturated heterocycles. The summed E-state index contributed by atoms with van der Waals surface area (Å²) < 4.78 is 0. The molecule has 1 heterocycles. The number of hydrogen-bond acceptors (Lipinski definition) is 2. The molecule has 0 spiro atoms. The maximum absolute atomic E-state index is 6.22. The number of rotatable bonds is 2. The highest BCUT2D eigenvalue weighted by Gasteiger charge is 2.31. The summed E-state index contributed by atoms with van der Waals surface area (Å²) >= 11 is 6.22. The van der Waals surface area contributed by atoms with Crippen molar-refractivity contribution in [2.45, 2.75) is 31.6 Å². The zero-order chi connectivity index (χ0) is 10.8. The van der Waals surface area contributed by atoms with E-state index in [1.165, 1.54) is 12.0 Å². The number of pyridine rings is 1. The molecular weight excluding hydrogens is 208 g/mol. The SMILES string of the molecule is CC1C(Cl)CCC1Cc1cnccc1N. The van der Waals surface area contributed by atoms with Gasteiger partial charge in [-0.1, -0.05) is 6.92 Å². The van der Waals surface area contributed by atoms with E-state index in [4.69, 9.17) is 17.3 Å². The highest BCUT2D eigenvalue weighted by Crippen LogP contribution is 2.37. The smallest absolute Gasteiger partial charge is 0.0377 e. The summed E-state index contributed by atoms with van der Waals surface area (Å²) in [6.07, 6.45) is 6.98. The van der Waals surface area contributed by atoms with Crippen molar-refractivity contribution < 1.29 is 0 Å². The van der Waals surface area contributed by atoms with Gasteiger partial charge in [-0.3, -0.25) is 4.98 Å². The first-order valence-corrected chi connectivity index (χ1v) is 5.94.